The second kappa shape index (κ2) is 4.97. The molecule has 1 aromatic heterocycles. The van der Waals surface area contributed by atoms with Crippen molar-refractivity contribution in [3.8, 4) is 11.8 Å². The van der Waals surface area contributed by atoms with Crippen molar-refractivity contribution in [1.82, 2.24) is 4.98 Å². The fourth-order valence-corrected chi connectivity index (χ4v) is 1.34. The lowest BCUT2D eigenvalue weighted by atomic mass is 10.2. The van der Waals surface area contributed by atoms with Crippen LogP contribution in [-0.4, -0.2) is 16.0 Å². The van der Waals surface area contributed by atoms with Crippen LogP contribution in [0.4, 0.5) is 5.82 Å². The first-order valence-electron chi connectivity index (χ1n) is 5.15. The average molecular weight is 239 g/mol. The monoisotopic (exact) mass is 239 g/mol. The second-order valence-corrected chi connectivity index (χ2v) is 3.54. The number of hydrogen-bond donors (Lipinski definition) is 2. The lowest BCUT2D eigenvalue weighted by molar-refractivity contribution is 0.102. The van der Waals surface area contributed by atoms with Gasteiger partial charge in [-0.05, 0) is 36.4 Å². The maximum Gasteiger partial charge on any atom is 0.256 e. The molecule has 0 saturated carbocycles. The number of anilines is 1. The summed E-state index contributed by atoms with van der Waals surface area (Å²) in [4.78, 5) is 15.7. The van der Waals surface area contributed by atoms with E-state index in [0.29, 0.717) is 16.9 Å². The minimum atomic E-state index is -0.327. The van der Waals surface area contributed by atoms with E-state index in [1.807, 2.05) is 6.07 Å². The summed E-state index contributed by atoms with van der Waals surface area (Å²) in [7, 11) is 0. The number of benzene rings is 1. The van der Waals surface area contributed by atoms with Crippen LogP contribution < -0.4 is 5.32 Å². The Kier molecular flexibility index (Phi) is 3.21. The van der Waals surface area contributed by atoms with Crippen LogP contribution in [0.2, 0.25) is 0 Å². The van der Waals surface area contributed by atoms with Crippen LogP contribution in [0.5, 0.6) is 5.75 Å². The number of aromatic nitrogens is 1. The average Bonchev–Trinajstić information content (AvgIpc) is 2.40. The highest BCUT2D eigenvalue weighted by Gasteiger charge is 2.06. The maximum atomic E-state index is 11.8. The van der Waals surface area contributed by atoms with E-state index < -0.39 is 0 Å². The molecule has 2 rings (SSSR count). The van der Waals surface area contributed by atoms with Gasteiger partial charge in [0.05, 0.1) is 5.56 Å². The normalized spacial score (nSPS) is 9.50. The number of rotatable bonds is 2. The number of nitriles is 1. The fourth-order valence-electron chi connectivity index (χ4n) is 1.34. The molecule has 1 aromatic carbocycles. The molecule has 5 heteroatoms. The lowest BCUT2D eigenvalue weighted by Crippen LogP contribution is -2.12. The summed E-state index contributed by atoms with van der Waals surface area (Å²) in [6, 6.07) is 10.9. The Hall–Kier alpha value is -2.87. The number of nitrogens with one attached hydrogen (secondary N) is 1. The number of carbonyl (C=O) groups excluding carboxylic acids is 1. The molecular weight excluding hydrogens is 230 g/mol. The molecule has 1 heterocycles. The Morgan fingerprint density at radius 1 is 1.22 bits per heavy atom. The third-order valence-corrected chi connectivity index (χ3v) is 2.26. The molecule has 5 nitrogen and oxygen atoms in total. The van der Waals surface area contributed by atoms with Crippen molar-refractivity contribution < 1.29 is 9.90 Å². The van der Waals surface area contributed by atoms with Gasteiger partial charge >= 0.3 is 0 Å². The van der Waals surface area contributed by atoms with Gasteiger partial charge in [-0.25, -0.2) is 4.98 Å². The molecule has 0 radical (unpaired) electrons. The molecule has 0 atom stereocenters. The smallest absolute Gasteiger partial charge is 0.256 e. The molecule has 0 bridgehead atoms. The Morgan fingerprint density at radius 2 is 1.94 bits per heavy atom. The van der Waals surface area contributed by atoms with Crippen molar-refractivity contribution in [3.05, 3.63) is 53.7 Å². The Bertz CT molecular complexity index is 598. The van der Waals surface area contributed by atoms with Crippen LogP contribution in [0.1, 0.15) is 15.9 Å². The molecule has 1 amide bonds. The molecule has 0 saturated heterocycles. The summed E-state index contributed by atoms with van der Waals surface area (Å²) < 4.78 is 0. The van der Waals surface area contributed by atoms with Gasteiger partial charge in [-0.1, -0.05) is 0 Å². The number of amides is 1. The molecule has 0 fully saturated rings. The summed E-state index contributed by atoms with van der Waals surface area (Å²) in [6.07, 6.45) is 1.38. The molecule has 0 unspecified atom stereocenters. The first-order chi connectivity index (χ1) is 8.69. The van der Waals surface area contributed by atoms with Crippen LogP contribution in [0, 0.1) is 11.3 Å². The van der Waals surface area contributed by atoms with Crippen molar-refractivity contribution in [2.45, 2.75) is 0 Å². The van der Waals surface area contributed by atoms with E-state index in [1.54, 1.807) is 12.1 Å². The fraction of sp³-hybridized carbons (Fsp3) is 0. The molecule has 0 aliphatic rings. The van der Waals surface area contributed by atoms with Gasteiger partial charge in [-0.15, -0.1) is 0 Å². The molecule has 0 aliphatic heterocycles. The summed E-state index contributed by atoms with van der Waals surface area (Å²) in [5.41, 5.74) is 0.844. The zero-order valence-corrected chi connectivity index (χ0v) is 9.29. The van der Waals surface area contributed by atoms with Gasteiger partial charge in [-0.3, -0.25) is 4.79 Å². The van der Waals surface area contributed by atoms with E-state index in [1.165, 1.54) is 30.5 Å². The predicted molar refractivity (Wildman–Crippen MR) is 65.0 cm³/mol. The van der Waals surface area contributed by atoms with Crippen molar-refractivity contribution in [1.29, 1.82) is 5.26 Å². The van der Waals surface area contributed by atoms with Crippen LogP contribution >= 0.6 is 0 Å². The van der Waals surface area contributed by atoms with Crippen LogP contribution in [0.25, 0.3) is 0 Å². The van der Waals surface area contributed by atoms with Gasteiger partial charge in [0.2, 0.25) is 0 Å². The molecule has 88 valence electrons. The molecule has 0 aliphatic carbocycles. The van der Waals surface area contributed by atoms with Crippen LogP contribution in [0.15, 0.2) is 42.6 Å². The van der Waals surface area contributed by atoms with Crippen molar-refractivity contribution >= 4 is 11.7 Å². The number of pyridine rings is 1. The van der Waals surface area contributed by atoms with Gasteiger partial charge < -0.3 is 10.4 Å². The van der Waals surface area contributed by atoms with Gasteiger partial charge in [-0.2, -0.15) is 5.26 Å². The number of phenols is 1. The molecule has 2 N–H and O–H groups in total. The van der Waals surface area contributed by atoms with Gasteiger partial charge in [0.15, 0.2) is 0 Å². The predicted octanol–water partition coefficient (Wildman–Crippen LogP) is 1.91. The first-order valence-corrected chi connectivity index (χ1v) is 5.15. The van der Waals surface area contributed by atoms with Crippen molar-refractivity contribution in [3.63, 3.8) is 0 Å². The number of nitrogens with zero attached hydrogens (tertiary/aromatic N) is 2. The minimum absolute atomic E-state index is 0.100. The molecule has 2 aromatic rings. The number of aromatic hydroxyl groups is 1. The second-order valence-electron chi connectivity index (χ2n) is 3.54. The summed E-state index contributed by atoms with van der Waals surface area (Å²) in [5.74, 6) is 0.141. The topological polar surface area (TPSA) is 86.0 Å². The van der Waals surface area contributed by atoms with E-state index in [0.717, 1.165) is 0 Å². The minimum Gasteiger partial charge on any atom is -0.508 e. The van der Waals surface area contributed by atoms with Crippen LogP contribution in [-0.2, 0) is 0 Å². The van der Waals surface area contributed by atoms with E-state index in [9.17, 15) is 4.79 Å². The number of phenolic OH excluding ortho intramolecular Hbond substituents is 1. The Balaban J connectivity index is 2.11. The lowest BCUT2D eigenvalue weighted by Gasteiger charge is -2.04. The third kappa shape index (κ3) is 2.62. The number of carbonyl (C=O) groups is 1. The van der Waals surface area contributed by atoms with E-state index in [-0.39, 0.29) is 11.7 Å². The first kappa shape index (κ1) is 11.6. The Labute approximate surface area is 103 Å². The molecule has 18 heavy (non-hydrogen) atoms. The Morgan fingerprint density at radius 3 is 2.50 bits per heavy atom. The highest BCUT2D eigenvalue weighted by molar-refractivity contribution is 6.03. The molecular formula is C13H9N3O2. The highest BCUT2D eigenvalue weighted by Crippen LogP contribution is 2.11. The van der Waals surface area contributed by atoms with Gasteiger partial charge in [0.25, 0.3) is 5.91 Å². The maximum absolute atomic E-state index is 11.8. The van der Waals surface area contributed by atoms with E-state index in [4.69, 9.17) is 10.4 Å². The third-order valence-electron chi connectivity index (χ3n) is 2.26. The van der Waals surface area contributed by atoms with Gasteiger partial charge in [0.1, 0.15) is 17.6 Å². The summed E-state index contributed by atoms with van der Waals surface area (Å²) in [5, 5.41) is 20.3. The zero-order chi connectivity index (χ0) is 13.0. The molecule has 0 spiro atoms. The summed E-state index contributed by atoms with van der Waals surface area (Å²) in [6.45, 7) is 0. The van der Waals surface area contributed by atoms with E-state index in [2.05, 4.69) is 10.3 Å². The van der Waals surface area contributed by atoms with E-state index >= 15 is 0 Å². The van der Waals surface area contributed by atoms with Crippen molar-refractivity contribution in [2.75, 3.05) is 5.32 Å². The zero-order valence-electron chi connectivity index (χ0n) is 9.29. The van der Waals surface area contributed by atoms with Crippen LogP contribution in [0.3, 0.4) is 0 Å². The van der Waals surface area contributed by atoms with Gasteiger partial charge in [0, 0.05) is 11.8 Å². The van der Waals surface area contributed by atoms with Crippen molar-refractivity contribution in [2.24, 2.45) is 0 Å². The summed E-state index contributed by atoms with van der Waals surface area (Å²) >= 11 is 0. The standard InChI is InChI=1S/C13H9N3O2/c14-7-9-1-6-12(15-8-9)16-13(18)10-2-4-11(17)5-3-10/h1-6,8,17H,(H,15,16,18). The quantitative estimate of drug-likeness (QED) is 0.838. The largest absolute Gasteiger partial charge is 0.508 e. The SMILES string of the molecule is N#Cc1ccc(NC(=O)c2ccc(O)cc2)nc1. The highest BCUT2D eigenvalue weighted by atomic mass is 16.3. The number of hydrogen-bond acceptors (Lipinski definition) is 4.